The van der Waals surface area contributed by atoms with Crippen molar-refractivity contribution in [2.24, 2.45) is 5.73 Å². The van der Waals surface area contributed by atoms with E-state index < -0.39 is 0 Å². The third-order valence-electron chi connectivity index (χ3n) is 2.65. The van der Waals surface area contributed by atoms with Gasteiger partial charge in [-0.15, -0.1) is 11.3 Å². The van der Waals surface area contributed by atoms with E-state index in [0.717, 1.165) is 20.8 Å². The normalized spacial score (nSPS) is 14.6. The molecule has 0 saturated carbocycles. The van der Waals surface area contributed by atoms with Crippen molar-refractivity contribution in [1.82, 2.24) is 0 Å². The summed E-state index contributed by atoms with van der Waals surface area (Å²) in [4.78, 5) is 1.21. The Labute approximate surface area is 119 Å². The van der Waals surface area contributed by atoms with Gasteiger partial charge in [-0.1, -0.05) is 39.7 Å². The van der Waals surface area contributed by atoms with E-state index >= 15 is 0 Å². The van der Waals surface area contributed by atoms with Gasteiger partial charge in [-0.3, -0.25) is 0 Å². The van der Waals surface area contributed by atoms with E-state index in [1.165, 1.54) is 4.88 Å². The number of thiophene rings is 1. The predicted octanol–water partition coefficient (Wildman–Crippen LogP) is 4.58. The van der Waals surface area contributed by atoms with E-state index in [1.54, 1.807) is 11.3 Å². The SMILES string of the molecule is CC(N)(Cc1ccc(Cl)s1)c1cccc(Br)c1. The lowest BCUT2D eigenvalue weighted by atomic mass is 9.89. The second kappa shape index (κ2) is 5.11. The van der Waals surface area contributed by atoms with Gasteiger partial charge in [-0.2, -0.15) is 0 Å². The number of hydrogen-bond acceptors (Lipinski definition) is 2. The molecule has 4 heteroatoms. The smallest absolute Gasteiger partial charge is 0.0931 e. The molecule has 2 rings (SSSR count). The van der Waals surface area contributed by atoms with Crippen LogP contribution in [-0.4, -0.2) is 0 Å². The van der Waals surface area contributed by atoms with Crippen LogP contribution in [0, 0.1) is 0 Å². The summed E-state index contributed by atoms with van der Waals surface area (Å²) in [5.74, 6) is 0. The third-order valence-corrected chi connectivity index (χ3v) is 4.38. The lowest BCUT2D eigenvalue weighted by Gasteiger charge is -2.24. The first-order chi connectivity index (χ1) is 7.97. The number of halogens is 2. The van der Waals surface area contributed by atoms with Gasteiger partial charge >= 0.3 is 0 Å². The summed E-state index contributed by atoms with van der Waals surface area (Å²) in [5.41, 5.74) is 7.14. The van der Waals surface area contributed by atoms with E-state index in [9.17, 15) is 0 Å². The fourth-order valence-electron chi connectivity index (χ4n) is 1.75. The van der Waals surface area contributed by atoms with Crippen LogP contribution in [0.2, 0.25) is 4.34 Å². The average Bonchev–Trinajstić information content (AvgIpc) is 2.63. The van der Waals surface area contributed by atoms with Crippen molar-refractivity contribution < 1.29 is 0 Å². The van der Waals surface area contributed by atoms with E-state index in [-0.39, 0.29) is 5.54 Å². The maximum atomic E-state index is 6.39. The molecule has 0 fully saturated rings. The van der Waals surface area contributed by atoms with Crippen molar-refractivity contribution in [2.45, 2.75) is 18.9 Å². The summed E-state index contributed by atoms with van der Waals surface area (Å²) in [7, 11) is 0. The molecule has 0 amide bonds. The van der Waals surface area contributed by atoms with Crippen molar-refractivity contribution in [3.63, 3.8) is 0 Å². The monoisotopic (exact) mass is 329 g/mol. The minimum absolute atomic E-state index is 0.377. The van der Waals surface area contributed by atoms with E-state index in [4.69, 9.17) is 17.3 Å². The second-order valence-corrected chi connectivity index (χ2v) is 7.03. The molecular formula is C13H13BrClNS. The van der Waals surface area contributed by atoms with Crippen molar-refractivity contribution in [3.05, 3.63) is 55.6 Å². The summed E-state index contributed by atoms with van der Waals surface area (Å²) in [6, 6.07) is 12.1. The zero-order chi connectivity index (χ0) is 12.5. The second-order valence-electron chi connectivity index (χ2n) is 4.31. The molecule has 0 aliphatic heterocycles. The lowest BCUT2D eigenvalue weighted by Crippen LogP contribution is -2.35. The standard InChI is InChI=1S/C13H13BrClNS/c1-13(16,8-11-5-6-12(15)17-11)9-3-2-4-10(14)7-9/h2-7H,8,16H2,1H3. The van der Waals surface area contributed by atoms with Gasteiger partial charge in [0.15, 0.2) is 0 Å². The summed E-state index contributed by atoms with van der Waals surface area (Å²) < 4.78 is 1.86. The largest absolute Gasteiger partial charge is 0.321 e. The number of hydrogen-bond donors (Lipinski definition) is 1. The first-order valence-corrected chi connectivity index (χ1v) is 7.25. The molecule has 0 aliphatic carbocycles. The minimum atomic E-state index is -0.377. The lowest BCUT2D eigenvalue weighted by molar-refractivity contribution is 0.495. The fourth-order valence-corrected chi connectivity index (χ4v) is 3.41. The van der Waals surface area contributed by atoms with Gasteiger partial charge in [0.25, 0.3) is 0 Å². The van der Waals surface area contributed by atoms with Crippen molar-refractivity contribution in [1.29, 1.82) is 0 Å². The molecule has 1 unspecified atom stereocenters. The highest BCUT2D eigenvalue weighted by Gasteiger charge is 2.22. The molecule has 2 N–H and O–H groups in total. The predicted molar refractivity (Wildman–Crippen MR) is 78.7 cm³/mol. The zero-order valence-electron chi connectivity index (χ0n) is 9.41. The van der Waals surface area contributed by atoms with Crippen LogP contribution in [0.1, 0.15) is 17.4 Å². The van der Waals surface area contributed by atoms with Crippen LogP contribution in [0.25, 0.3) is 0 Å². The van der Waals surface area contributed by atoms with Crippen molar-refractivity contribution >= 4 is 38.9 Å². The zero-order valence-corrected chi connectivity index (χ0v) is 12.6. The van der Waals surface area contributed by atoms with Crippen LogP contribution < -0.4 is 5.73 Å². The topological polar surface area (TPSA) is 26.0 Å². The van der Waals surface area contributed by atoms with Crippen LogP contribution in [0.4, 0.5) is 0 Å². The molecule has 0 saturated heterocycles. The molecule has 0 spiro atoms. The van der Waals surface area contributed by atoms with Crippen LogP contribution in [-0.2, 0) is 12.0 Å². The molecule has 2 aromatic rings. The molecule has 1 aromatic heterocycles. The van der Waals surface area contributed by atoms with Gasteiger partial charge < -0.3 is 5.73 Å². The van der Waals surface area contributed by atoms with Crippen LogP contribution in [0.3, 0.4) is 0 Å². The maximum Gasteiger partial charge on any atom is 0.0931 e. The Hall–Kier alpha value is -0.350. The number of benzene rings is 1. The van der Waals surface area contributed by atoms with Gasteiger partial charge in [-0.25, -0.2) is 0 Å². The highest BCUT2D eigenvalue weighted by atomic mass is 79.9. The van der Waals surface area contributed by atoms with Crippen molar-refractivity contribution in [3.8, 4) is 0 Å². The fraction of sp³-hybridized carbons (Fsp3) is 0.231. The van der Waals surface area contributed by atoms with E-state index in [2.05, 4.69) is 28.1 Å². The Balaban J connectivity index is 2.24. The van der Waals surface area contributed by atoms with Crippen molar-refractivity contribution in [2.75, 3.05) is 0 Å². The Bertz CT molecular complexity index is 522. The maximum absolute atomic E-state index is 6.39. The first-order valence-electron chi connectivity index (χ1n) is 5.26. The Morgan fingerprint density at radius 1 is 1.35 bits per heavy atom. The van der Waals surface area contributed by atoms with Crippen LogP contribution >= 0.6 is 38.9 Å². The highest BCUT2D eigenvalue weighted by molar-refractivity contribution is 9.10. The summed E-state index contributed by atoms with van der Waals surface area (Å²) in [6.07, 6.45) is 0.793. The molecule has 1 atom stereocenters. The molecular weight excluding hydrogens is 318 g/mol. The molecule has 0 radical (unpaired) electrons. The summed E-state index contributed by atoms with van der Waals surface area (Å²) in [6.45, 7) is 2.04. The quantitative estimate of drug-likeness (QED) is 0.876. The minimum Gasteiger partial charge on any atom is -0.321 e. The molecule has 0 aliphatic rings. The molecule has 90 valence electrons. The summed E-state index contributed by atoms with van der Waals surface area (Å²) in [5, 5.41) is 0. The molecule has 1 nitrogen and oxygen atoms in total. The average molecular weight is 331 g/mol. The third kappa shape index (κ3) is 3.32. The molecule has 1 heterocycles. The summed E-state index contributed by atoms with van der Waals surface area (Å²) >= 11 is 11.0. The Morgan fingerprint density at radius 2 is 2.12 bits per heavy atom. The van der Waals surface area contributed by atoms with Crippen LogP contribution in [0.15, 0.2) is 40.9 Å². The Morgan fingerprint density at radius 3 is 2.71 bits per heavy atom. The number of nitrogens with two attached hydrogens (primary N) is 1. The molecule has 1 aromatic carbocycles. The highest BCUT2D eigenvalue weighted by Crippen LogP contribution is 2.29. The van der Waals surface area contributed by atoms with Crippen LogP contribution in [0.5, 0.6) is 0 Å². The van der Waals surface area contributed by atoms with Gasteiger partial charge in [0.05, 0.1) is 4.34 Å². The van der Waals surface area contributed by atoms with Gasteiger partial charge in [0.1, 0.15) is 0 Å². The first kappa shape index (κ1) is 13.1. The van der Waals surface area contributed by atoms with E-state index in [1.807, 2.05) is 31.2 Å². The molecule has 17 heavy (non-hydrogen) atoms. The Kier molecular flexibility index (Phi) is 3.93. The van der Waals surface area contributed by atoms with Gasteiger partial charge in [0, 0.05) is 21.3 Å². The van der Waals surface area contributed by atoms with E-state index in [0.29, 0.717) is 0 Å². The van der Waals surface area contributed by atoms with Gasteiger partial charge in [-0.05, 0) is 36.8 Å². The molecule has 0 bridgehead atoms. The van der Waals surface area contributed by atoms with Gasteiger partial charge in [0.2, 0.25) is 0 Å². The number of rotatable bonds is 3.